The van der Waals surface area contributed by atoms with Crippen molar-refractivity contribution in [2.45, 2.75) is 24.9 Å². The Balaban J connectivity index is 1.45. The normalized spacial score (nSPS) is 16.7. The number of likely N-dealkylation sites (tertiary alicyclic amines) is 1. The summed E-state index contributed by atoms with van der Waals surface area (Å²) in [6.45, 7) is 1.51. The third-order valence-electron chi connectivity index (χ3n) is 5.29. The summed E-state index contributed by atoms with van der Waals surface area (Å²) in [6.07, 6.45) is 5.27. The van der Waals surface area contributed by atoms with Gasteiger partial charge in [0.1, 0.15) is 5.65 Å². The Morgan fingerprint density at radius 2 is 1.96 bits per heavy atom. The lowest BCUT2D eigenvalue weighted by Crippen LogP contribution is -2.41. The van der Waals surface area contributed by atoms with E-state index in [-0.39, 0.29) is 5.91 Å². The van der Waals surface area contributed by atoms with E-state index in [1.165, 1.54) is 10.9 Å². The van der Waals surface area contributed by atoms with Crippen LogP contribution in [0.15, 0.2) is 54.9 Å². The molecule has 5 nitrogen and oxygen atoms in total. The Bertz CT molecular complexity index is 882. The fourth-order valence-electron chi connectivity index (χ4n) is 3.90. The number of hydrogen-bond donors (Lipinski definition) is 1. The van der Waals surface area contributed by atoms with E-state index in [4.69, 9.17) is 4.74 Å². The lowest BCUT2D eigenvalue weighted by atomic mass is 9.89. The molecule has 5 heteroatoms. The molecule has 0 spiro atoms. The topological polar surface area (TPSA) is 58.2 Å². The number of H-pyrrole nitrogens is 1. The van der Waals surface area contributed by atoms with Crippen LogP contribution >= 0.6 is 0 Å². The Morgan fingerprint density at radius 1 is 1.19 bits per heavy atom. The second kappa shape index (κ2) is 7.30. The maximum Gasteiger partial charge on any atom is 0.256 e. The fourth-order valence-corrected chi connectivity index (χ4v) is 3.90. The molecule has 1 aliphatic heterocycles. The molecule has 26 heavy (non-hydrogen) atoms. The molecule has 1 amide bonds. The number of nitrogens with zero attached hydrogens (tertiary/aromatic N) is 2. The van der Waals surface area contributed by atoms with E-state index in [9.17, 15) is 4.79 Å². The molecule has 0 radical (unpaired) electrons. The van der Waals surface area contributed by atoms with Gasteiger partial charge in [-0.05, 0) is 42.0 Å². The highest BCUT2D eigenvalue weighted by atomic mass is 16.5. The summed E-state index contributed by atoms with van der Waals surface area (Å²) < 4.78 is 5.50. The summed E-state index contributed by atoms with van der Waals surface area (Å²) in [7, 11) is 1.60. The number of piperidine rings is 1. The van der Waals surface area contributed by atoms with Gasteiger partial charge in [0, 0.05) is 38.0 Å². The minimum absolute atomic E-state index is 0.0535. The van der Waals surface area contributed by atoms with E-state index in [0.717, 1.165) is 37.1 Å². The van der Waals surface area contributed by atoms with Gasteiger partial charge < -0.3 is 14.6 Å². The summed E-state index contributed by atoms with van der Waals surface area (Å²) in [5.74, 6) is 0.507. The van der Waals surface area contributed by atoms with Crippen molar-refractivity contribution >= 4 is 16.9 Å². The molecule has 1 N–H and O–H groups in total. The molecule has 1 saturated heterocycles. The molecular formula is C21H23N3O2. The quantitative estimate of drug-likeness (QED) is 0.782. The molecular weight excluding hydrogens is 326 g/mol. The lowest BCUT2D eigenvalue weighted by molar-refractivity contribution is -0.143. The lowest BCUT2D eigenvalue weighted by Gasteiger charge is -2.34. The van der Waals surface area contributed by atoms with Crippen molar-refractivity contribution < 1.29 is 9.53 Å². The van der Waals surface area contributed by atoms with Crippen LogP contribution in [0.2, 0.25) is 0 Å². The number of amides is 1. The number of benzene rings is 1. The molecule has 0 aliphatic carbocycles. The molecule has 3 aromatic rings. The van der Waals surface area contributed by atoms with Crippen LogP contribution in [-0.2, 0) is 9.53 Å². The Kier molecular flexibility index (Phi) is 4.71. The highest BCUT2D eigenvalue weighted by Crippen LogP contribution is 2.33. The van der Waals surface area contributed by atoms with Gasteiger partial charge in [-0.15, -0.1) is 0 Å². The number of ether oxygens (including phenoxy) is 1. The molecule has 1 aliphatic rings. The Morgan fingerprint density at radius 3 is 2.69 bits per heavy atom. The fraction of sp³-hybridized carbons (Fsp3) is 0.333. The van der Waals surface area contributed by atoms with E-state index >= 15 is 0 Å². The van der Waals surface area contributed by atoms with Gasteiger partial charge in [-0.25, -0.2) is 4.98 Å². The highest BCUT2D eigenvalue weighted by molar-refractivity contribution is 5.83. The Labute approximate surface area is 153 Å². The standard InChI is InChI=1S/C21H23N3O2/c1-26-19(16-6-3-2-4-7-16)21(25)24-12-9-15(10-13-24)18-14-23-20-17(18)8-5-11-22-20/h2-8,11,14-15,19H,9-10,12-13H2,1H3,(H,22,23)/t19-/m1/s1. The van der Waals surface area contributed by atoms with Crippen LogP contribution in [0.5, 0.6) is 0 Å². The zero-order valence-electron chi connectivity index (χ0n) is 14.9. The predicted molar refractivity (Wildman–Crippen MR) is 101 cm³/mol. The number of nitrogens with one attached hydrogen (secondary N) is 1. The van der Waals surface area contributed by atoms with Gasteiger partial charge in [0.25, 0.3) is 5.91 Å². The second-order valence-corrected chi connectivity index (χ2v) is 6.77. The maximum absolute atomic E-state index is 12.9. The smallest absolute Gasteiger partial charge is 0.256 e. The SMILES string of the molecule is CO[C@@H](C(=O)N1CCC(c2c[nH]c3ncccc23)CC1)c1ccccc1. The molecule has 134 valence electrons. The first-order valence-corrected chi connectivity index (χ1v) is 9.06. The van der Waals surface area contributed by atoms with E-state index in [1.807, 2.05) is 41.3 Å². The van der Waals surface area contributed by atoms with Gasteiger partial charge >= 0.3 is 0 Å². The highest BCUT2D eigenvalue weighted by Gasteiger charge is 2.30. The summed E-state index contributed by atoms with van der Waals surface area (Å²) in [5.41, 5.74) is 3.15. The average Bonchev–Trinajstić information content (AvgIpc) is 3.13. The summed E-state index contributed by atoms with van der Waals surface area (Å²) in [5, 5.41) is 1.19. The molecule has 1 aromatic carbocycles. The molecule has 1 fully saturated rings. The first-order chi connectivity index (χ1) is 12.8. The number of pyridine rings is 1. The van der Waals surface area contributed by atoms with Gasteiger partial charge in [0.05, 0.1) is 0 Å². The van der Waals surface area contributed by atoms with Gasteiger partial charge in [-0.3, -0.25) is 4.79 Å². The van der Waals surface area contributed by atoms with Crippen LogP contribution in [-0.4, -0.2) is 41.0 Å². The van der Waals surface area contributed by atoms with Crippen molar-refractivity contribution in [3.8, 4) is 0 Å². The van der Waals surface area contributed by atoms with Crippen LogP contribution in [0, 0.1) is 0 Å². The zero-order valence-corrected chi connectivity index (χ0v) is 14.9. The molecule has 0 unspecified atom stereocenters. The predicted octanol–water partition coefficient (Wildman–Crippen LogP) is 3.66. The first kappa shape index (κ1) is 16.8. The number of aromatic amines is 1. The third kappa shape index (κ3) is 3.10. The van der Waals surface area contributed by atoms with E-state index in [2.05, 4.69) is 22.2 Å². The number of carbonyl (C=O) groups excluding carboxylic acids is 1. The molecule has 0 saturated carbocycles. The summed E-state index contributed by atoms with van der Waals surface area (Å²) >= 11 is 0. The van der Waals surface area contributed by atoms with Gasteiger partial charge in [-0.2, -0.15) is 0 Å². The number of carbonyl (C=O) groups is 1. The molecule has 4 rings (SSSR count). The van der Waals surface area contributed by atoms with E-state index in [1.54, 1.807) is 13.3 Å². The van der Waals surface area contributed by atoms with Crippen molar-refractivity contribution in [2.75, 3.05) is 20.2 Å². The van der Waals surface area contributed by atoms with Crippen LogP contribution in [0.1, 0.15) is 36.0 Å². The first-order valence-electron chi connectivity index (χ1n) is 9.06. The van der Waals surface area contributed by atoms with Crippen LogP contribution < -0.4 is 0 Å². The van der Waals surface area contributed by atoms with Crippen molar-refractivity contribution in [2.24, 2.45) is 0 Å². The molecule has 2 aromatic heterocycles. The van der Waals surface area contributed by atoms with Crippen molar-refractivity contribution in [1.29, 1.82) is 0 Å². The molecule has 3 heterocycles. The number of methoxy groups -OCH3 is 1. The number of rotatable bonds is 4. The summed E-state index contributed by atoms with van der Waals surface area (Å²) in [6, 6.07) is 13.8. The van der Waals surface area contributed by atoms with Crippen LogP contribution in [0.25, 0.3) is 11.0 Å². The summed E-state index contributed by atoms with van der Waals surface area (Å²) in [4.78, 5) is 22.5. The molecule has 0 bridgehead atoms. The molecule has 1 atom stereocenters. The number of fused-ring (bicyclic) bond motifs is 1. The number of hydrogen-bond acceptors (Lipinski definition) is 3. The monoisotopic (exact) mass is 349 g/mol. The van der Waals surface area contributed by atoms with Crippen LogP contribution in [0.4, 0.5) is 0 Å². The van der Waals surface area contributed by atoms with E-state index < -0.39 is 6.10 Å². The second-order valence-electron chi connectivity index (χ2n) is 6.77. The van der Waals surface area contributed by atoms with Crippen molar-refractivity contribution in [3.63, 3.8) is 0 Å². The van der Waals surface area contributed by atoms with Gasteiger partial charge in [-0.1, -0.05) is 30.3 Å². The Hall–Kier alpha value is -2.66. The van der Waals surface area contributed by atoms with Gasteiger partial charge in [0.15, 0.2) is 6.10 Å². The maximum atomic E-state index is 12.9. The minimum Gasteiger partial charge on any atom is -0.367 e. The minimum atomic E-state index is -0.523. The van der Waals surface area contributed by atoms with E-state index in [0.29, 0.717) is 5.92 Å². The number of aromatic nitrogens is 2. The third-order valence-corrected chi connectivity index (χ3v) is 5.29. The van der Waals surface area contributed by atoms with Crippen molar-refractivity contribution in [1.82, 2.24) is 14.9 Å². The zero-order chi connectivity index (χ0) is 17.9. The van der Waals surface area contributed by atoms with Crippen LogP contribution in [0.3, 0.4) is 0 Å². The van der Waals surface area contributed by atoms with Gasteiger partial charge in [0.2, 0.25) is 0 Å². The van der Waals surface area contributed by atoms with Crippen molar-refractivity contribution in [3.05, 3.63) is 66.0 Å². The largest absolute Gasteiger partial charge is 0.367 e. The average molecular weight is 349 g/mol.